The average Bonchev–Trinajstić information content (AvgIpc) is 2.33. The molecule has 3 N–H and O–H groups in total. The second-order valence-electron chi connectivity index (χ2n) is 5.49. The number of aromatic hydroxyl groups is 1. The second-order valence-corrected chi connectivity index (χ2v) is 5.49. The summed E-state index contributed by atoms with van der Waals surface area (Å²) in [7, 11) is 1.44. The van der Waals surface area contributed by atoms with Crippen molar-refractivity contribution in [1.82, 2.24) is 5.32 Å². The summed E-state index contributed by atoms with van der Waals surface area (Å²) in [5, 5.41) is 21.3. The van der Waals surface area contributed by atoms with E-state index in [-0.39, 0.29) is 11.3 Å². The van der Waals surface area contributed by atoms with Gasteiger partial charge in [-0.2, -0.15) is 0 Å². The number of carbonyl (C=O) groups is 2. The van der Waals surface area contributed by atoms with E-state index in [0.29, 0.717) is 5.75 Å². The lowest BCUT2D eigenvalue weighted by molar-refractivity contribution is -0.142. The predicted molar refractivity (Wildman–Crippen MR) is 73.0 cm³/mol. The second kappa shape index (κ2) is 5.81. The van der Waals surface area contributed by atoms with Gasteiger partial charge in [0.05, 0.1) is 12.7 Å². The smallest absolute Gasteiger partial charge is 0.326 e. The monoisotopic (exact) mass is 281 g/mol. The van der Waals surface area contributed by atoms with Crippen LogP contribution in [-0.2, 0) is 4.79 Å². The first-order chi connectivity index (χ1) is 9.16. The molecule has 0 aliphatic heterocycles. The highest BCUT2D eigenvalue weighted by molar-refractivity contribution is 5.99. The molecule has 1 unspecified atom stereocenters. The number of hydrogen-bond acceptors (Lipinski definition) is 4. The molecule has 0 fully saturated rings. The van der Waals surface area contributed by atoms with Gasteiger partial charge < -0.3 is 20.3 Å². The molecule has 0 saturated carbocycles. The van der Waals surface area contributed by atoms with Crippen molar-refractivity contribution in [3.05, 3.63) is 23.8 Å². The first-order valence-corrected chi connectivity index (χ1v) is 6.07. The fourth-order valence-corrected chi connectivity index (χ4v) is 1.69. The molecule has 0 spiro atoms. The number of benzene rings is 1. The minimum Gasteiger partial charge on any atom is -0.507 e. The number of carbonyl (C=O) groups excluding carboxylic acids is 1. The minimum atomic E-state index is -1.13. The number of aliphatic carboxylic acids is 1. The Morgan fingerprint density at radius 3 is 2.30 bits per heavy atom. The van der Waals surface area contributed by atoms with Gasteiger partial charge in [-0.25, -0.2) is 4.79 Å². The highest BCUT2D eigenvalue weighted by atomic mass is 16.5. The zero-order valence-corrected chi connectivity index (χ0v) is 11.9. The molecule has 1 rings (SSSR count). The lowest BCUT2D eigenvalue weighted by atomic mass is 9.86. The summed E-state index contributed by atoms with van der Waals surface area (Å²) in [5.74, 6) is -1.63. The van der Waals surface area contributed by atoms with Crippen LogP contribution in [0.1, 0.15) is 31.1 Å². The lowest BCUT2D eigenvalue weighted by Crippen LogP contribution is -2.49. The van der Waals surface area contributed by atoms with Crippen molar-refractivity contribution in [1.29, 1.82) is 0 Å². The molecule has 110 valence electrons. The van der Waals surface area contributed by atoms with E-state index in [1.807, 2.05) is 0 Å². The number of methoxy groups -OCH3 is 1. The molecule has 1 aromatic carbocycles. The molecule has 6 nitrogen and oxygen atoms in total. The fraction of sp³-hybridized carbons (Fsp3) is 0.429. The number of phenols is 1. The summed E-state index contributed by atoms with van der Waals surface area (Å²) < 4.78 is 4.92. The van der Waals surface area contributed by atoms with Crippen LogP contribution in [0.25, 0.3) is 0 Å². The molecular formula is C14H19NO5. The van der Waals surface area contributed by atoms with Gasteiger partial charge in [-0.3, -0.25) is 4.79 Å². The fourth-order valence-electron chi connectivity index (χ4n) is 1.69. The van der Waals surface area contributed by atoms with Gasteiger partial charge in [0.1, 0.15) is 17.5 Å². The van der Waals surface area contributed by atoms with E-state index in [1.165, 1.54) is 25.3 Å². The summed E-state index contributed by atoms with van der Waals surface area (Å²) in [6, 6.07) is 3.13. The van der Waals surface area contributed by atoms with E-state index < -0.39 is 23.3 Å². The van der Waals surface area contributed by atoms with Crippen molar-refractivity contribution in [2.75, 3.05) is 7.11 Å². The number of carboxylic acids is 1. The molecule has 0 saturated heterocycles. The van der Waals surface area contributed by atoms with Crippen LogP contribution < -0.4 is 10.1 Å². The number of ether oxygens (including phenoxy) is 1. The lowest BCUT2D eigenvalue weighted by Gasteiger charge is -2.27. The van der Waals surface area contributed by atoms with E-state index in [4.69, 9.17) is 9.84 Å². The predicted octanol–water partition coefficient (Wildman–Crippen LogP) is 1.63. The molecule has 1 atom stereocenters. The largest absolute Gasteiger partial charge is 0.507 e. The number of amides is 1. The Bertz CT molecular complexity index is 519. The van der Waals surface area contributed by atoms with E-state index >= 15 is 0 Å². The van der Waals surface area contributed by atoms with Crippen LogP contribution in [0, 0.1) is 5.41 Å². The maximum absolute atomic E-state index is 12.1. The Hall–Kier alpha value is -2.24. The van der Waals surface area contributed by atoms with Crippen LogP contribution in [-0.4, -0.2) is 35.2 Å². The SMILES string of the molecule is COc1ccc(C(=O)NC(C(=O)O)C(C)(C)C)c(O)c1. The highest BCUT2D eigenvalue weighted by Crippen LogP contribution is 2.25. The normalized spacial score (nSPS) is 12.6. The molecule has 1 aromatic rings. The van der Waals surface area contributed by atoms with Crippen molar-refractivity contribution in [3.63, 3.8) is 0 Å². The first-order valence-electron chi connectivity index (χ1n) is 6.07. The highest BCUT2D eigenvalue weighted by Gasteiger charge is 2.33. The van der Waals surface area contributed by atoms with Crippen LogP contribution in [0.2, 0.25) is 0 Å². The summed E-state index contributed by atoms with van der Waals surface area (Å²) >= 11 is 0. The van der Waals surface area contributed by atoms with Crippen LogP contribution in [0.15, 0.2) is 18.2 Å². The van der Waals surface area contributed by atoms with E-state index in [1.54, 1.807) is 20.8 Å². The van der Waals surface area contributed by atoms with Gasteiger partial charge in [0.2, 0.25) is 0 Å². The quantitative estimate of drug-likeness (QED) is 0.779. The van der Waals surface area contributed by atoms with Crippen LogP contribution >= 0.6 is 0 Å². The van der Waals surface area contributed by atoms with E-state index in [9.17, 15) is 14.7 Å². The molecular weight excluding hydrogens is 262 g/mol. The summed E-state index contributed by atoms with van der Waals surface area (Å²) in [6.45, 7) is 5.12. The van der Waals surface area contributed by atoms with Crippen molar-refractivity contribution < 1.29 is 24.5 Å². The topological polar surface area (TPSA) is 95.9 Å². The molecule has 6 heteroatoms. The zero-order chi connectivity index (χ0) is 15.5. The number of nitrogens with one attached hydrogen (secondary N) is 1. The third-order valence-corrected chi connectivity index (χ3v) is 2.84. The standard InChI is InChI=1S/C14H19NO5/c1-14(2,3)11(13(18)19)15-12(17)9-6-5-8(20-4)7-10(9)16/h5-7,11,16H,1-4H3,(H,15,17)(H,18,19). The number of hydrogen-bond donors (Lipinski definition) is 3. The Balaban J connectivity index is 2.98. The maximum Gasteiger partial charge on any atom is 0.326 e. The van der Waals surface area contributed by atoms with E-state index in [2.05, 4.69) is 5.32 Å². The van der Waals surface area contributed by atoms with Crippen molar-refractivity contribution in [2.24, 2.45) is 5.41 Å². The summed E-state index contributed by atoms with van der Waals surface area (Å²) in [4.78, 5) is 23.3. The molecule has 0 heterocycles. The first kappa shape index (κ1) is 15.8. The summed E-state index contributed by atoms with van der Waals surface area (Å²) in [6.07, 6.45) is 0. The van der Waals surface area contributed by atoms with Gasteiger partial charge in [0, 0.05) is 6.07 Å². The van der Waals surface area contributed by atoms with Crippen LogP contribution in [0.4, 0.5) is 0 Å². The Morgan fingerprint density at radius 2 is 1.90 bits per heavy atom. The van der Waals surface area contributed by atoms with Crippen LogP contribution in [0.5, 0.6) is 11.5 Å². The molecule has 0 aliphatic carbocycles. The van der Waals surface area contributed by atoms with Gasteiger partial charge in [0.25, 0.3) is 5.91 Å². The molecule has 20 heavy (non-hydrogen) atoms. The van der Waals surface area contributed by atoms with Gasteiger partial charge in [-0.1, -0.05) is 20.8 Å². The van der Waals surface area contributed by atoms with Gasteiger partial charge in [-0.15, -0.1) is 0 Å². The Labute approximate surface area is 117 Å². The third-order valence-electron chi connectivity index (χ3n) is 2.84. The Morgan fingerprint density at radius 1 is 1.30 bits per heavy atom. The van der Waals surface area contributed by atoms with Gasteiger partial charge in [0.15, 0.2) is 0 Å². The summed E-state index contributed by atoms with van der Waals surface area (Å²) in [5.41, 5.74) is -0.648. The van der Waals surface area contributed by atoms with E-state index in [0.717, 1.165) is 0 Å². The molecule has 0 aromatic heterocycles. The van der Waals surface area contributed by atoms with Crippen molar-refractivity contribution >= 4 is 11.9 Å². The Kier molecular flexibility index (Phi) is 4.60. The molecule has 0 bridgehead atoms. The van der Waals surface area contributed by atoms with Gasteiger partial charge >= 0.3 is 5.97 Å². The maximum atomic E-state index is 12.1. The number of rotatable bonds is 4. The third kappa shape index (κ3) is 3.63. The molecule has 0 aliphatic rings. The average molecular weight is 281 g/mol. The van der Waals surface area contributed by atoms with Crippen LogP contribution in [0.3, 0.4) is 0 Å². The zero-order valence-electron chi connectivity index (χ0n) is 11.9. The molecule has 0 radical (unpaired) electrons. The van der Waals surface area contributed by atoms with Gasteiger partial charge in [-0.05, 0) is 17.5 Å². The van der Waals surface area contributed by atoms with Crippen molar-refractivity contribution in [3.8, 4) is 11.5 Å². The molecule has 1 amide bonds. The number of carboxylic acid groups (broad SMARTS) is 1. The minimum absolute atomic E-state index is 0.00120. The number of phenolic OH excluding ortho intramolecular Hbond substituents is 1. The van der Waals surface area contributed by atoms with Crippen molar-refractivity contribution in [2.45, 2.75) is 26.8 Å².